The highest BCUT2D eigenvalue weighted by Gasteiger charge is 2.54. The van der Waals surface area contributed by atoms with Gasteiger partial charge >= 0.3 is 5.97 Å². The van der Waals surface area contributed by atoms with Gasteiger partial charge in [-0.3, -0.25) is 19.5 Å². The minimum atomic E-state index is -1.26. The van der Waals surface area contributed by atoms with Crippen molar-refractivity contribution in [3.63, 3.8) is 0 Å². The van der Waals surface area contributed by atoms with E-state index in [2.05, 4.69) is 20.4 Å². The number of halogens is 1. The molecule has 0 aliphatic carbocycles. The van der Waals surface area contributed by atoms with E-state index in [4.69, 9.17) is 27.8 Å². The second-order valence-corrected chi connectivity index (χ2v) is 12.4. The molecule has 4 heterocycles. The van der Waals surface area contributed by atoms with Crippen LogP contribution in [0.15, 0.2) is 39.1 Å². The zero-order valence-corrected chi connectivity index (χ0v) is 24.1. The van der Waals surface area contributed by atoms with Crippen molar-refractivity contribution in [2.45, 2.75) is 42.2 Å². The van der Waals surface area contributed by atoms with Crippen molar-refractivity contribution in [3.8, 4) is 0 Å². The molecule has 40 heavy (non-hydrogen) atoms. The number of fused-ring (bicyclic) bond motifs is 1. The lowest BCUT2D eigenvalue weighted by Gasteiger charge is -2.49. The van der Waals surface area contributed by atoms with E-state index < -0.39 is 34.9 Å². The average molecular weight is 628 g/mol. The van der Waals surface area contributed by atoms with E-state index in [0.717, 1.165) is 46.0 Å². The second kappa shape index (κ2) is 13.6. The predicted molar refractivity (Wildman–Crippen MR) is 152 cm³/mol. The van der Waals surface area contributed by atoms with E-state index in [1.165, 1.54) is 23.5 Å². The number of β-lactam (4-membered cyclic amide) rings is 1. The molecule has 0 bridgehead atoms. The monoisotopic (exact) mass is 627 g/mol. The molecule has 2 aromatic rings. The predicted octanol–water partition coefficient (Wildman–Crippen LogP) is 2.09. The summed E-state index contributed by atoms with van der Waals surface area (Å²) in [7, 11) is 0. The minimum Gasteiger partial charge on any atom is -0.477 e. The first-order valence-electron chi connectivity index (χ1n) is 12.0. The zero-order chi connectivity index (χ0) is 28.8. The first-order chi connectivity index (χ1) is 19.3. The van der Waals surface area contributed by atoms with Crippen LogP contribution in [0.25, 0.3) is 0 Å². The van der Waals surface area contributed by atoms with Crippen molar-refractivity contribution in [2.75, 3.05) is 24.6 Å². The van der Waals surface area contributed by atoms with Crippen molar-refractivity contribution >= 4 is 75.1 Å². The number of unbranched alkanes of at least 4 members (excludes halogenated alkanes) is 2. The number of nitrogens with zero attached hydrogens (tertiary/aromatic N) is 4. The van der Waals surface area contributed by atoms with Gasteiger partial charge in [0.1, 0.15) is 27.1 Å². The Morgan fingerprint density at radius 3 is 2.83 bits per heavy atom. The van der Waals surface area contributed by atoms with Gasteiger partial charge in [-0.1, -0.05) is 39.9 Å². The molecule has 214 valence electrons. The number of amides is 2. The molecule has 2 aliphatic rings. The Morgan fingerprint density at radius 1 is 1.35 bits per heavy atom. The number of aromatic nitrogens is 2. The number of carbonyl (C=O) groups excluding carboxylic acids is 2. The Bertz CT molecular complexity index is 1350. The van der Waals surface area contributed by atoms with Crippen LogP contribution in [0.5, 0.6) is 0 Å². The number of carboxylic acid groups (broad SMARTS) is 1. The van der Waals surface area contributed by atoms with Crippen LogP contribution in [0.1, 0.15) is 30.5 Å². The number of nitrogen functional groups attached to an aromatic ring is 1. The maximum atomic E-state index is 13.1. The van der Waals surface area contributed by atoms with Crippen LogP contribution < -0.4 is 16.8 Å². The number of ether oxygens (including phenoxy) is 1. The summed E-state index contributed by atoms with van der Waals surface area (Å²) in [5, 5.41) is 24.3. The van der Waals surface area contributed by atoms with Gasteiger partial charge in [0.05, 0.1) is 6.61 Å². The molecular formula is C23H26ClN7O6S3. The largest absolute Gasteiger partial charge is 0.477 e. The first kappa shape index (κ1) is 30.1. The summed E-state index contributed by atoms with van der Waals surface area (Å²) < 4.78 is 5.82. The van der Waals surface area contributed by atoms with Crippen molar-refractivity contribution in [1.82, 2.24) is 20.2 Å². The second-order valence-electron chi connectivity index (χ2n) is 8.55. The van der Waals surface area contributed by atoms with E-state index in [1.54, 1.807) is 18.5 Å². The minimum absolute atomic E-state index is 0.0410. The van der Waals surface area contributed by atoms with E-state index in [9.17, 15) is 24.7 Å². The van der Waals surface area contributed by atoms with Gasteiger partial charge in [0.25, 0.3) is 11.8 Å². The number of nitrogens with two attached hydrogens (primary N) is 2. The van der Waals surface area contributed by atoms with Crippen LogP contribution in [0.4, 0.5) is 5.13 Å². The summed E-state index contributed by atoms with van der Waals surface area (Å²) >= 11 is 9.46. The molecule has 0 radical (unpaired) electrons. The maximum Gasteiger partial charge on any atom is 0.353 e. The smallest absolute Gasteiger partial charge is 0.353 e. The number of carboxylic acids is 1. The molecule has 2 aromatic heterocycles. The molecule has 0 spiro atoms. The quantitative estimate of drug-likeness (QED) is 0.0711. The van der Waals surface area contributed by atoms with E-state index >= 15 is 0 Å². The van der Waals surface area contributed by atoms with Gasteiger partial charge in [0.2, 0.25) is 0 Å². The third-order valence-electron chi connectivity index (χ3n) is 5.91. The summed E-state index contributed by atoms with van der Waals surface area (Å²) in [5.74, 6) is -2.50. The number of pyridine rings is 1. The van der Waals surface area contributed by atoms with Crippen LogP contribution in [0.2, 0.25) is 4.34 Å². The highest BCUT2D eigenvalue weighted by atomic mass is 35.5. The van der Waals surface area contributed by atoms with Gasteiger partial charge in [-0.05, 0) is 31.9 Å². The fraction of sp³-hybridized carbons (Fsp3) is 0.391. The molecule has 17 heteroatoms. The topological polar surface area (TPSA) is 206 Å². The van der Waals surface area contributed by atoms with Crippen LogP contribution in [0.3, 0.4) is 0 Å². The molecule has 4 rings (SSSR count). The molecule has 13 nitrogen and oxygen atoms in total. The van der Waals surface area contributed by atoms with Gasteiger partial charge in [0.15, 0.2) is 10.8 Å². The Morgan fingerprint density at radius 2 is 2.15 bits per heavy atom. The molecular weight excluding hydrogens is 602 g/mol. The Hall–Kier alpha value is -2.89. The lowest BCUT2D eigenvalue weighted by Crippen LogP contribution is -2.71. The van der Waals surface area contributed by atoms with Gasteiger partial charge in [0, 0.05) is 40.1 Å². The number of hydrogen-bond donors (Lipinski definition) is 5. The van der Waals surface area contributed by atoms with Crippen LogP contribution in [0, 0.1) is 0 Å². The van der Waals surface area contributed by atoms with Gasteiger partial charge in [-0.2, -0.15) is 0 Å². The van der Waals surface area contributed by atoms with E-state index in [-0.39, 0.29) is 26.6 Å². The van der Waals surface area contributed by atoms with Crippen LogP contribution in [-0.4, -0.2) is 79.0 Å². The van der Waals surface area contributed by atoms with E-state index in [0.29, 0.717) is 24.7 Å². The Balaban J connectivity index is 1.46. The molecule has 7 N–H and O–H groups in total. The molecule has 2 atom stereocenters. The fourth-order valence-electron chi connectivity index (χ4n) is 4.00. The highest BCUT2D eigenvalue weighted by Crippen LogP contribution is 2.45. The Kier molecular flexibility index (Phi) is 10.3. The summed E-state index contributed by atoms with van der Waals surface area (Å²) in [5.41, 5.74) is 11.1. The van der Waals surface area contributed by atoms with Crippen LogP contribution in [-0.2, 0) is 25.7 Å². The standard InChI is InChI=1S/C23H26ClN7O6S3/c24-18-14(29-23(26)40-18)15(30-36)19(32)28-16-20(33)31-17(22(34)35)13(10-38-21(16)31)39-12-4-6-27-8-11(12)9-37-7-3-1-2-5-25/h4,6,8,16,21,36H,1-3,5,7,9-10,25H2,(H2,26,29)(H,28,32)(H,34,35)/b30-15-/t16-,21-/m1/s1. The van der Waals surface area contributed by atoms with E-state index in [1.807, 2.05) is 0 Å². The number of thioether (sulfide) groups is 2. The number of carbonyl (C=O) groups is 3. The number of hydrogen-bond acceptors (Lipinski definition) is 13. The third-order valence-corrected chi connectivity index (χ3v) is 9.65. The average Bonchev–Trinajstić information content (AvgIpc) is 3.27. The maximum absolute atomic E-state index is 13.1. The highest BCUT2D eigenvalue weighted by molar-refractivity contribution is 8.06. The number of anilines is 1. The van der Waals surface area contributed by atoms with Gasteiger partial charge in [-0.15, -0.1) is 11.8 Å². The zero-order valence-electron chi connectivity index (χ0n) is 20.9. The summed E-state index contributed by atoms with van der Waals surface area (Å²) in [6.07, 6.45) is 6.08. The van der Waals surface area contributed by atoms with Crippen molar-refractivity contribution < 1.29 is 29.4 Å². The van der Waals surface area contributed by atoms with Crippen molar-refractivity contribution in [1.29, 1.82) is 0 Å². The number of aliphatic carboxylic acids is 1. The van der Waals surface area contributed by atoms with Gasteiger partial charge in [-0.25, -0.2) is 9.78 Å². The molecule has 1 saturated heterocycles. The number of thiazole rings is 1. The molecule has 2 aliphatic heterocycles. The SMILES string of the molecule is NCCCCCOCc1cnccc1SC1=C(C(=O)O)N2C(=O)[C@@H](NC(=O)/C(=N\O)c3nc(N)sc3Cl)[C@H]2SC1. The molecule has 0 saturated carbocycles. The molecule has 1 fully saturated rings. The number of oxime groups is 1. The third kappa shape index (κ3) is 6.53. The first-order valence-corrected chi connectivity index (χ1v) is 15.1. The Labute approximate surface area is 246 Å². The number of nitrogens with one attached hydrogen (secondary N) is 1. The van der Waals surface area contributed by atoms with Crippen molar-refractivity contribution in [2.24, 2.45) is 10.9 Å². The molecule has 2 amide bonds. The summed E-state index contributed by atoms with van der Waals surface area (Å²) in [6.45, 7) is 1.52. The van der Waals surface area contributed by atoms with Crippen LogP contribution >= 0.6 is 46.5 Å². The normalized spacial score (nSPS) is 18.9. The fourth-order valence-corrected chi connectivity index (χ4v) is 7.49. The number of rotatable bonds is 13. The summed E-state index contributed by atoms with van der Waals surface area (Å²) in [4.78, 5) is 48.6. The summed E-state index contributed by atoms with van der Waals surface area (Å²) in [6, 6.07) is 0.725. The lowest BCUT2D eigenvalue weighted by molar-refractivity contribution is -0.150. The molecule has 0 aromatic carbocycles. The lowest BCUT2D eigenvalue weighted by atomic mass is 10.0. The van der Waals surface area contributed by atoms with Gasteiger partial charge < -0.3 is 31.8 Å². The molecule has 0 unspecified atom stereocenters. The van der Waals surface area contributed by atoms with Crippen molar-refractivity contribution in [3.05, 3.63) is 44.7 Å².